The number of carbonyl (C=O) groups is 1. The highest BCUT2D eigenvalue weighted by Crippen LogP contribution is 2.07. The van der Waals surface area contributed by atoms with Gasteiger partial charge in [0, 0.05) is 6.54 Å². The zero-order chi connectivity index (χ0) is 12.2. The maximum atomic E-state index is 10.7. The summed E-state index contributed by atoms with van der Waals surface area (Å²) in [4.78, 5) is 16.1. The van der Waals surface area contributed by atoms with Gasteiger partial charge in [0.25, 0.3) is 0 Å². The van der Waals surface area contributed by atoms with Gasteiger partial charge in [0.05, 0.1) is 11.2 Å². The Labute approximate surface area is 95.2 Å². The first kappa shape index (κ1) is 12.7. The van der Waals surface area contributed by atoms with Crippen molar-refractivity contribution in [1.82, 2.24) is 5.48 Å². The molecule has 0 spiro atoms. The molecular formula is C12H17NO3. The van der Waals surface area contributed by atoms with Crippen LogP contribution in [0.15, 0.2) is 24.3 Å². The van der Waals surface area contributed by atoms with Crippen molar-refractivity contribution in [3.8, 4) is 0 Å². The van der Waals surface area contributed by atoms with Crippen molar-refractivity contribution >= 4 is 5.97 Å². The van der Waals surface area contributed by atoms with Crippen LogP contribution in [0, 0.1) is 0 Å². The van der Waals surface area contributed by atoms with Crippen molar-refractivity contribution in [2.24, 2.45) is 0 Å². The highest BCUT2D eigenvalue weighted by Gasteiger charge is 2.10. The van der Waals surface area contributed by atoms with Gasteiger partial charge in [-0.25, -0.2) is 4.79 Å². The lowest BCUT2D eigenvalue weighted by Crippen LogP contribution is -2.28. The fraction of sp³-hybridized carbons (Fsp3) is 0.417. The van der Waals surface area contributed by atoms with E-state index >= 15 is 0 Å². The molecule has 0 amide bonds. The summed E-state index contributed by atoms with van der Waals surface area (Å²) in [5.41, 5.74) is 3.72. The molecule has 0 atom stereocenters. The van der Waals surface area contributed by atoms with Crippen molar-refractivity contribution in [2.45, 2.75) is 32.9 Å². The maximum Gasteiger partial charge on any atom is 0.335 e. The predicted octanol–water partition coefficient (Wildman–Crippen LogP) is 2.20. The average Bonchev–Trinajstić information content (AvgIpc) is 2.16. The molecule has 0 aromatic heterocycles. The third-order valence-corrected chi connectivity index (χ3v) is 1.83. The van der Waals surface area contributed by atoms with E-state index in [0.29, 0.717) is 6.54 Å². The Morgan fingerprint density at radius 3 is 2.69 bits per heavy atom. The van der Waals surface area contributed by atoms with Crippen LogP contribution in [0.2, 0.25) is 0 Å². The van der Waals surface area contributed by atoms with Gasteiger partial charge in [-0.3, -0.25) is 4.84 Å². The van der Waals surface area contributed by atoms with Crippen LogP contribution in [0.5, 0.6) is 0 Å². The Balaban J connectivity index is 2.55. The second-order valence-electron chi connectivity index (χ2n) is 4.54. The first-order valence-corrected chi connectivity index (χ1v) is 5.11. The molecule has 1 aromatic rings. The molecule has 2 N–H and O–H groups in total. The summed E-state index contributed by atoms with van der Waals surface area (Å²) in [5, 5.41) is 8.81. The summed E-state index contributed by atoms with van der Waals surface area (Å²) in [6.07, 6.45) is 0. The summed E-state index contributed by atoms with van der Waals surface area (Å²) in [5.74, 6) is -0.918. The minimum Gasteiger partial charge on any atom is -0.478 e. The summed E-state index contributed by atoms with van der Waals surface area (Å²) < 4.78 is 0. The molecule has 16 heavy (non-hydrogen) atoms. The fourth-order valence-electron chi connectivity index (χ4n) is 1.15. The molecule has 0 heterocycles. The van der Waals surface area contributed by atoms with Gasteiger partial charge < -0.3 is 5.11 Å². The third kappa shape index (κ3) is 4.42. The van der Waals surface area contributed by atoms with E-state index in [2.05, 4.69) is 5.48 Å². The highest BCUT2D eigenvalue weighted by molar-refractivity contribution is 5.87. The molecular weight excluding hydrogens is 206 g/mol. The monoisotopic (exact) mass is 223 g/mol. The zero-order valence-corrected chi connectivity index (χ0v) is 9.78. The van der Waals surface area contributed by atoms with Crippen molar-refractivity contribution < 1.29 is 14.7 Å². The second-order valence-corrected chi connectivity index (χ2v) is 4.54. The highest BCUT2D eigenvalue weighted by atomic mass is 16.7. The lowest BCUT2D eigenvalue weighted by molar-refractivity contribution is -0.0757. The van der Waals surface area contributed by atoms with Gasteiger partial charge >= 0.3 is 5.97 Å². The largest absolute Gasteiger partial charge is 0.478 e. The van der Waals surface area contributed by atoms with Crippen LogP contribution < -0.4 is 5.48 Å². The van der Waals surface area contributed by atoms with Gasteiger partial charge in [0.2, 0.25) is 0 Å². The predicted molar refractivity (Wildman–Crippen MR) is 61.1 cm³/mol. The van der Waals surface area contributed by atoms with Crippen molar-refractivity contribution in [1.29, 1.82) is 0 Å². The smallest absolute Gasteiger partial charge is 0.335 e. The second kappa shape index (κ2) is 5.09. The summed E-state index contributed by atoms with van der Waals surface area (Å²) >= 11 is 0. The van der Waals surface area contributed by atoms with Crippen LogP contribution in [0.1, 0.15) is 36.7 Å². The molecule has 0 radical (unpaired) electrons. The molecule has 88 valence electrons. The Hall–Kier alpha value is -1.39. The van der Waals surface area contributed by atoms with E-state index in [1.165, 1.54) is 0 Å². The van der Waals surface area contributed by atoms with Gasteiger partial charge in [-0.1, -0.05) is 12.1 Å². The van der Waals surface area contributed by atoms with Gasteiger partial charge in [0.1, 0.15) is 0 Å². The number of carboxylic acid groups (broad SMARTS) is 1. The van der Waals surface area contributed by atoms with E-state index in [4.69, 9.17) is 9.94 Å². The number of hydrogen-bond donors (Lipinski definition) is 2. The third-order valence-electron chi connectivity index (χ3n) is 1.83. The Morgan fingerprint density at radius 1 is 1.44 bits per heavy atom. The average molecular weight is 223 g/mol. The quantitative estimate of drug-likeness (QED) is 0.768. The molecule has 0 bridgehead atoms. The van der Waals surface area contributed by atoms with Crippen LogP contribution in [0.4, 0.5) is 0 Å². The first-order valence-electron chi connectivity index (χ1n) is 5.11. The number of rotatable bonds is 4. The van der Waals surface area contributed by atoms with Gasteiger partial charge in [0.15, 0.2) is 0 Å². The lowest BCUT2D eigenvalue weighted by atomic mass is 10.1. The zero-order valence-electron chi connectivity index (χ0n) is 9.78. The van der Waals surface area contributed by atoms with Gasteiger partial charge in [-0.2, -0.15) is 5.48 Å². The van der Waals surface area contributed by atoms with Crippen molar-refractivity contribution in [3.05, 3.63) is 35.4 Å². The van der Waals surface area contributed by atoms with Gasteiger partial charge in [-0.05, 0) is 38.5 Å². The Morgan fingerprint density at radius 2 is 2.12 bits per heavy atom. The SMILES string of the molecule is CC(C)(C)ONCc1cccc(C(=O)O)c1. The van der Waals surface area contributed by atoms with Crippen LogP contribution >= 0.6 is 0 Å². The maximum absolute atomic E-state index is 10.7. The normalized spacial score (nSPS) is 11.4. The summed E-state index contributed by atoms with van der Waals surface area (Å²) in [7, 11) is 0. The van der Waals surface area contributed by atoms with E-state index < -0.39 is 5.97 Å². The number of benzene rings is 1. The first-order chi connectivity index (χ1) is 7.38. The Bertz CT molecular complexity index is 369. The molecule has 0 fully saturated rings. The lowest BCUT2D eigenvalue weighted by Gasteiger charge is -2.19. The summed E-state index contributed by atoms with van der Waals surface area (Å²) in [6, 6.07) is 6.76. The van der Waals surface area contributed by atoms with Crippen LogP contribution in [-0.4, -0.2) is 16.7 Å². The number of aromatic carboxylic acids is 1. The van der Waals surface area contributed by atoms with E-state index in [1.54, 1.807) is 18.2 Å². The van der Waals surface area contributed by atoms with Crippen molar-refractivity contribution in [2.75, 3.05) is 0 Å². The molecule has 0 saturated carbocycles. The summed E-state index contributed by atoms with van der Waals surface area (Å²) in [6.45, 7) is 6.30. The minimum absolute atomic E-state index is 0.260. The number of nitrogens with one attached hydrogen (secondary N) is 1. The molecule has 0 saturated heterocycles. The number of carboxylic acids is 1. The van der Waals surface area contributed by atoms with Gasteiger partial charge in [-0.15, -0.1) is 0 Å². The number of hydroxylamine groups is 1. The molecule has 4 nitrogen and oxygen atoms in total. The van der Waals surface area contributed by atoms with Crippen LogP contribution in [0.25, 0.3) is 0 Å². The van der Waals surface area contributed by atoms with Crippen LogP contribution in [-0.2, 0) is 11.4 Å². The van der Waals surface area contributed by atoms with Crippen molar-refractivity contribution in [3.63, 3.8) is 0 Å². The Kier molecular flexibility index (Phi) is 4.04. The van der Waals surface area contributed by atoms with E-state index in [1.807, 2.05) is 26.8 Å². The topological polar surface area (TPSA) is 58.6 Å². The molecule has 1 aromatic carbocycles. The molecule has 0 unspecified atom stereocenters. The molecule has 0 aliphatic heterocycles. The molecule has 4 heteroatoms. The standard InChI is InChI=1S/C12H17NO3/c1-12(2,3)16-13-8-9-5-4-6-10(7-9)11(14)15/h4-7,13H,8H2,1-3H3,(H,14,15). The van der Waals surface area contributed by atoms with Crippen LogP contribution in [0.3, 0.4) is 0 Å². The fourth-order valence-corrected chi connectivity index (χ4v) is 1.15. The number of hydrogen-bond acceptors (Lipinski definition) is 3. The van der Waals surface area contributed by atoms with E-state index in [0.717, 1.165) is 5.56 Å². The molecule has 0 aliphatic rings. The van der Waals surface area contributed by atoms with E-state index in [9.17, 15) is 4.79 Å². The minimum atomic E-state index is -0.918. The molecule has 1 rings (SSSR count). The van der Waals surface area contributed by atoms with E-state index in [-0.39, 0.29) is 11.2 Å². The molecule has 0 aliphatic carbocycles.